The molecule has 22 nitrogen and oxygen atoms in total. The van der Waals surface area contributed by atoms with Gasteiger partial charge >= 0.3 is 0 Å². The highest BCUT2D eigenvalue weighted by Crippen LogP contribution is 2.53. The molecule has 4 aliphatic rings. The number of rotatable bonds is 12. The van der Waals surface area contributed by atoms with E-state index in [1.807, 2.05) is 31.3 Å². The molecule has 1 saturated carbocycles. The summed E-state index contributed by atoms with van der Waals surface area (Å²) in [7, 11) is 4.46. The number of hydrogen-bond acceptors (Lipinski definition) is 20. The van der Waals surface area contributed by atoms with Crippen molar-refractivity contribution in [1.82, 2.24) is 25.3 Å². The molecule has 4 aromatic carbocycles. The van der Waals surface area contributed by atoms with Crippen LogP contribution in [0.25, 0.3) is 33.3 Å². The number of nitrogens with one attached hydrogen (secondary N) is 3. The quantitative estimate of drug-likeness (QED) is 0.0640. The van der Waals surface area contributed by atoms with Crippen molar-refractivity contribution in [3.05, 3.63) is 106 Å². The molecule has 2 fully saturated rings. The van der Waals surface area contributed by atoms with Gasteiger partial charge < -0.3 is 75.0 Å². The van der Waals surface area contributed by atoms with E-state index >= 15 is 0 Å². The molecule has 1 amide bonds. The molecule has 3 aromatic heterocycles. The topological polar surface area (TPSA) is 333 Å². The number of carbonyl (C=O) groups is 4. The second-order valence-corrected chi connectivity index (χ2v) is 19.5. The maximum absolute atomic E-state index is 13.6. The number of aliphatic hydroxyl groups excluding tert-OH is 2. The molecule has 410 valence electrons. The molecule has 0 spiro atoms. The lowest BCUT2D eigenvalue weighted by molar-refractivity contribution is -0.247. The number of Topliss-reactive ketones (excluding diaryl/α,β-unsaturated/α-hetero) is 1. The number of aromatic nitrogens is 4. The largest absolute Gasteiger partial charge is 0.507 e. The van der Waals surface area contributed by atoms with Crippen LogP contribution in [0.5, 0.6) is 28.9 Å². The number of aromatic hydroxyl groups is 2. The van der Waals surface area contributed by atoms with Crippen LogP contribution in [0.3, 0.4) is 0 Å². The van der Waals surface area contributed by atoms with Gasteiger partial charge in [0.15, 0.2) is 29.3 Å². The normalized spacial score (nSPS) is 21.6. The van der Waals surface area contributed by atoms with Gasteiger partial charge in [-0.15, -0.1) is 12.4 Å². The lowest BCUT2D eigenvalue weighted by Gasteiger charge is -2.42. The number of oxazole rings is 1. The summed E-state index contributed by atoms with van der Waals surface area (Å²) >= 11 is 0. The van der Waals surface area contributed by atoms with E-state index < -0.39 is 95.7 Å². The predicted molar refractivity (Wildman–Crippen MR) is 283 cm³/mol. The van der Waals surface area contributed by atoms with Gasteiger partial charge in [0, 0.05) is 73.3 Å². The number of phenols is 2. The van der Waals surface area contributed by atoms with Crippen molar-refractivity contribution in [2.45, 2.75) is 101 Å². The Morgan fingerprint density at radius 3 is 2.38 bits per heavy atom. The van der Waals surface area contributed by atoms with Crippen LogP contribution in [0.2, 0.25) is 0 Å². The van der Waals surface area contributed by atoms with Gasteiger partial charge in [-0.1, -0.05) is 18.2 Å². The molecule has 0 bridgehead atoms. The van der Waals surface area contributed by atoms with Crippen LogP contribution in [0.15, 0.2) is 65.2 Å². The van der Waals surface area contributed by atoms with Gasteiger partial charge in [0.1, 0.15) is 52.5 Å². The predicted octanol–water partition coefficient (Wildman–Crippen LogP) is 5.93. The number of carbonyl (C=O) groups excluding carboxylic acids is 4. The van der Waals surface area contributed by atoms with E-state index in [1.54, 1.807) is 39.3 Å². The number of H-pyrrole nitrogens is 1. The van der Waals surface area contributed by atoms with Gasteiger partial charge in [-0.25, -0.2) is 4.98 Å². The molecule has 23 heteroatoms. The highest BCUT2D eigenvalue weighted by atomic mass is 35.5. The fraction of sp³-hybridized carbons (Fsp3) is 0.364. The SMILES string of the molecule is CNC(=O)c1ccc(Nc2nc(OC3CCCC3)c3c(-c4ccc5nc(C)oc5c4)c[nH]c3n2)c(OC)c1.COc1cccc2c1C(=O)c1c(O)c3c(c(O)c1C2=O)CC(O)(C(=O)CO)CC3OC1CC(N)C(O)C(C)O1.Cl. The van der Waals surface area contributed by atoms with Gasteiger partial charge in [0.25, 0.3) is 5.91 Å². The molecular weight excluding hydrogens is 1030 g/mol. The van der Waals surface area contributed by atoms with E-state index in [1.165, 1.54) is 25.3 Å². The molecule has 10 N–H and O–H groups in total. The Kier molecular flexibility index (Phi) is 15.5. The lowest BCUT2D eigenvalue weighted by Crippen LogP contribution is -2.53. The number of anilines is 2. The number of benzene rings is 4. The summed E-state index contributed by atoms with van der Waals surface area (Å²) in [4.78, 5) is 69.0. The molecular formula is C55H58ClN7O15. The summed E-state index contributed by atoms with van der Waals surface area (Å²) in [6.45, 7) is 2.40. The van der Waals surface area contributed by atoms with Gasteiger partial charge in [0.2, 0.25) is 17.6 Å². The summed E-state index contributed by atoms with van der Waals surface area (Å²) in [5.74, 6) is -1.99. The van der Waals surface area contributed by atoms with Crippen LogP contribution in [0.1, 0.15) is 111 Å². The number of amides is 1. The Balaban J connectivity index is 0.000000187. The number of ketones is 3. The standard InChI is InChI=1S/C28H28N6O4.C27H29NO11.ClH/c1-15-31-21-10-8-16(12-23(21)37-15)19-14-30-25-24(19)27(38-18-6-4-5-7-18)34-28(33-25)32-20-11-9-17(26(35)29-2)13-22(20)36-3;1-10-22(31)13(28)6-17(38-10)39-15-8-27(36,16(30)9-29)7-12-19(15)26(35)21-20(24(12)33)23(32)11-4-3-5-14(37-2)18(11)25(21)34;/h8-14,18H,4-7H2,1-3H3,(H,29,35)(H2,30,32,33,34);3-5,10,13,15,17,22,29,31,33,35-36H,6-9,28H2,1-2H3;1H. The van der Waals surface area contributed by atoms with Crippen molar-refractivity contribution in [2.24, 2.45) is 5.73 Å². The first-order valence-electron chi connectivity index (χ1n) is 25.0. The zero-order chi connectivity index (χ0) is 54.6. The van der Waals surface area contributed by atoms with Gasteiger partial charge in [0.05, 0.1) is 60.3 Å². The van der Waals surface area contributed by atoms with Crippen molar-refractivity contribution >= 4 is 69.4 Å². The van der Waals surface area contributed by atoms with E-state index in [9.17, 15) is 44.7 Å². The number of halogens is 1. The van der Waals surface area contributed by atoms with Gasteiger partial charge in [-0.3, -0.25) is 19.2 Å². The van der Waals surface area contributed by atoms with E-state index in [4.69, 9.17) is 43.8 Å². The Labute approximate surface area is 451 Å². The summed E-state index contributed by atoms with van der Waals surface area (Å²) in [5.41, 5.74) is 7.54. The van der Waals surface area contributed by atoms with Crippen LogP contribution in [0, 0.1) is 6.92 Å². The number of fused-ring (bicyclic) bond motifs is 5. The second kappa shape index (κ2) is 22.0. The molecule has 6 atom stereocenters. The minimum Gasteiger partial charge on any atom is -0.507 e. The first-order valence-corrected chi connectivity index (χ1v) is 25.0. The zero-order valence-corrected chi connectivity index (χ0v) is 43.9. The zero-order valence-electron chi connectivity index (χ0n) is 43.0. The minimum atomic E-state index is -2.24. The average molecular weight is 1090 g/mol. The first-order chi connectivity index (χ1) is 36.9. The molecule has 78 heavy (non-hydrogen) atoms. The fourth-order valence-electron chi connectivity index (χ4n) is 10.7. The van der Waals surface area contributed by atoms with E-state index in [2.05, 4.69) is 20.6 Å². The molecule has 0 radical (unpaired) electrons. The van der Waals surface area contributed by atoms with Crippen LogP contribution >= 0.6 is 12.4 Å². The Morgan fingerprint density at radius 1 is 0.936 bits per heavy atom. The number of aryl methyl sites for hydroxylation is 1. The average Bonchev–Trinajstić information content (AvgIpc) is 4.32. The van der Waals surface area contributed by atoms with Crippen LogP contribution in [0.4, 0.5) is 11.6 Å². The number of aliphatic hydroxyl groups is 3. The van der Waals surface area contributed by atoms with Crippen molar-refractivity contribution in [1.29, 1.82) is 0 Å². The minimum absolute atomic E-state index is 0. The molecule has 7 aromatic rings. The third-order valence-electron chi connectivity index (χ3n) is 14.6. The van der Waals surface area contributed by atoms with Crippen molar-refractivity contribution in [3.63, 3.8) is 0 Å². The summed E-state index contributed by atoms with van der Waals surface area (Å²) < 4.78 is 34.8. The number of phenolic OH excluding ortho intramolecular Hbond substituents is 2. The molecule has 6 unspecified atom stereocenters. The number of hydrogen-bond donors (Lipinski definition) is 9. The van der Waals surface area contributed by atoms with Crippen molar-refractivity contribution in [3.8, 4) is 40.0 Å². The molecule has 3 aliphatic carbocycles. The molecule has 1 aliphatic heterocycles. The summed E-state index contributed by atoms with van der Waals surface area (Å²) in [6, 6.07) is 14.7. The third kappa shape index (κ3) is 9.95. The van der Waals surface area contributed by atoms with Crippen LogP contribution < -0.4 is 30.6 Å². The number of aromatic amines is 1. The van der Waals surface area contributed by atoms with E-state index in [0.717, 1.165) is 53.3 Å². The number of methoxy groups -OCH3 is 2. The van der Waals surface area contributed by atoms with Crippen LogP contribution in [-0.2, 0) is 20.7 Å². The van der Waals surface area contributed by atoms with Crippen molar-refractivity contribution < 1.29 is 72.8 Å². The maximum Gasteiger partial charge on any atom is 0.251 e. The number of nitrogens with zero attached hydrogens (tertiary/aromatic N) is 3. The van der Waals surface area contributed by atoms with E-state index in [0.29, 0.717) is 40.4 Å². The highest BCUT2D eigenvalue weighted by molar-refractivity contribution is 6.31. The Hall–Kier alpha value is -7.70. The smallest absolute Gasteiger partial charge is 0.251 e. The summed E-state index contributed by atoms with van der Waals surface area (Å²) in [6.07, 6.45) is 1.15. The summed E-state index contributed by atoms with van der Waals surface area (Å²) in [5, 5.41) is 60.4. The number of nitrogens with two attached hydrogens (primary N) is 1. The second-order valence-electron chi connectivity index (χ2n) is 19.5. The van der Waals surface area contributed by atoms with Crippen molar-refractivity contribution in [2.75, 3.05) is 33.2 Å². The highest BCUT2D eigenvalue weighted by Gasteiger charge is 2.50. The lowest BCUT2D eigenvalue weighted by atomic mass is 9.72. The van der Waals surface area contributed by atoms with Crippen LogP contribution in [-0.4, -0.2) is 133 Å². The monoisotopic (exact) mass is 1090 g/mol. The van der Waals surface area contributed by atoms with Gasteiger partial charge in [-0.2, -0.15) is 9.97 Å². The third-order valence-corrected chi connectivity index (χ3v) is 14.6. The maximum atomic E-state index is 13.6. The molecule has 4 heterocycles. The Bertz CT molecular complexity index is 3490. The van der Waals surface area contributed by atoms with Gasteiger partial charge in [-0.05, 0) is 74.6 Å². The number of ether oxygens (including phenoxy) is 5. The molecule has 11 rings (SSSR count). The van der Waals surface area contributed by atoms with E-state index in [-0.39, 0.29) is 58.8 Å². The first kappa shape index (κ1) is 55.1. The fourth-order valence-corrected chi connectivity index (χ4v) is 10.7. The molecule has 1 saturated heterocycles. The Morgan fingerprint density at radius 2 is 1.68 bits per heavy atom.